The first kappa shape index (κ1) is 10.2. The number of carbonyl (C=O) groups is 1. The average molecular weight is 153 g/mol. The van der Waals surface area contributed by atoms with Crippen molar-refractivity contribution in [2.45, 2.75) is 32.7 Å². The normalized spacial score (nSPS) is 10.7. The molecule has 0 radical (unpaired) electrons. The molecule has 1 N–H and O–H groups in total. The van der Waals surface area contributed by atoms with Gasteiger partial charge in [-0.15, -0.1) is 6.42 Å². The fraction of sp³-hybridized carbons (Fsp3) is 0.667. The van der Waals surface area contributed by atoms with Gasteiger partial charge in [0.05, 0.1) is 13.0 Å². The summed E-state index contributed by atoms with van der Waals surface area (Å²) in [5, 5.41) is 3.06. The van der Waals surface area contributed by atoms with Gasteiger partial charge in [-0.2, -0.15) is 0 Å². The summed E-state index contributed by atoms with van der Waals surface area (Å²) in [5.41, 5.74) is -0.00966. The molecule has 0 rings (SSSR count). The summed E-state index contributed by atoms with van der Waals surface area (Å²) in [5.74, 6) is 2.39. The van der Waals surface area contributed by atoms with E-state index in [1.165, 1.54) is 0 Å². The lowest BCUT2D eigenvalue weighted by Gasteiger charge is -2.19. The molecule has 0 unspecified atom stereocenters. The van der Waals surface area contributed by atoms with Crippen LogP contribution in [0, 0.1) is 12.3 Å². The first-order chi connectivity index (χ1) is 4.95. The fourth-order valence-corrected chi connectivity index (χ4v) is 0.540. The molecule has 2 nitrogen and oxygen atoms in total. The molecule has 0 aliphatic rings. The molecule has 0 aliphatic heterocycles. The number of terminal acetylenes is 1. The van der Waals surface area contributed by atoms with Crippen molar-refractivity contribution in [2.24, 2.45) is 0 Å². The van der Waals surface area contributed by atoms with Crippen molar-refractivity contribution >= 4 is 5.78 Å². The predicted octanol–water partition coefficient (Wildman–Crippen LogP) is 0.967. The lowest BCUT2D eigenvalue weighted by Crippen LogP contribution is -2.39. The predicted molar refractivity (Wildman–Crippen MR) is 46.2 cm³/mol. The summed E-state index contributed by atoms with van der Waals surface area (Å²) < 4.78 is 0. The number of carbonyl (C=O) groups excluding carboxylic acids is 1. The maximum absolute atomic E-state index is 10.9. The number of hydrogen-bond donors (Lipinski definition) is 1. The van der Waals surface area contributed by atoms with Crippen molar-refractivity contribution in [2.75, 3.05) is 6.54 Å². The minimum Gasteiger partial charge on any atom is -0.305 e. The minimum atomic E-state index is -0.00966. The number of Topliss-reactive ketones (excluding diaryl/α,β-unsaturated/α-hetero) is 1. The number of hydrogen-bond acceptors (Lipinski definition) is 2. The second-order valence-electron chi connectivity index (χ2n) is 3.52. The zero-order chi connectivity index (χ0) is 8.91. The van der Waals surface area contributed by atoms with Crippen molar-refractivity contribution in [3.63, 3.8) is 0 Å². The molecule has 0 atom stereocenters. The van der Waals surface area contributed by atoms with Gasteiger partial charge in [-0.05, 0) is 20.8 Å². The van der Waals surface area contributed by atoms with Crippen molar-refractivity contribution in [3.8, 4) is 12.3 Å². The van der Waals surface area contributed by atoms with E-state index in [0.717, 1.165) is 0 Å². The van der Waals surface area contributed by atoms with E-state index >= 15 is 0 Å². The Labute approximate surface area is 68.4 Å². The van der Waals surface area contributed by atoms with E-state index in [1.807, 2.05) is 20.8 Å². The van der Waals surface area contributed by atoms with E-state index in [9.17, 15) is 4.79 Å². The van der Waals surface area contributed by atoms with Crippen molar-refractivity contribution in [3.05, 3.63) is 0 Å². The van der Waals surface area contributed by atoms with E-state index < -0.39 is 0 Å². The van der Waals surface area contributed by atoms with Crippen molar-refractivity contribution in [1.82, 2.24) is 5.32 Å². The third-order valence-corrected chi connectivity index (χ3v) is 1.12. The average Bonchev–Trinajstić information content (AvgIpc) is 1.83. The smallest absolute Gasteiger partial charge is 0.158 e. The SMILES string of the molecule is C#CCC(=O)CNC(C)(C)C. The molecule has 0 heterocycles. The lowest BCUT2D eigenvalue weighted by atomic mass is 10.1. The summed E-state index contributed by atoms with van der Waals surface area (Å²) in [6, 6.07) is 0. The zero-order valence-corrected chi connectivity index (χ0v) is 7.40. The standard InChI is InChI=1S/C9H15NO/c1-5-6-8(11)7-10-9(2,3)4/h1,10H,6-7H2,2-4H3. The zero-order valence-electron chi connectivity index (χ0n) is 7.40. The van der Waals surface area contributed by atoms with Gasteiger partial charge in [0.2, 0.25) is 0 Å². The van der Waals surface area contributed by atoms with Gasteiger partial charge in [0, 0.05) is 5.54 Å². The summed E-state index contributed by atoms with van der Waals surface area (Å²) in [6.45, 7) is 6.40. The van der Waals surface area contributed by atoms with Gasteiger partial charge >= 0.3 is 0 Å². The first-order valence-corrected chi connectivity index (χ1v) is 3.66. The van der Waals surface area contributed by atoms with Crippen LogP contribution in [0.3, 0.4) is 0 Å². The Morgan fingerprint density at radius 1 is 1.55 bits per heavy atom. The van der Waals surface area contributed by atoms with Crippen molar-refractivity contribution in [1.29, 1.82) is 0 Å². The van der Waals surface area contributed by atoms with Gasteiger partial charge in [-0.1, -0.05) is 5.92 Å². The van der Waals surface area contributed by atoms with Crippen LogP contribution in [0.2, 0.25) is 0 Å². The highest BCUT2D eigenvalue weighted by Gasteiger charge is 2.09. The van der Waals surface area contributed by atoms with Gasteiger partial charge in [0.25, 0.3) is 0 Å². The number of nitrogens with one attached hydrogen (secondary N) is 1. The van der Waals surface area contributed by atoms with Crippen LogP contribution in [0.5, 0.6) is 0 Å². The van der Waals surface area contributed by atoms with Gasteiger partial charge in [0.1, 0.15) is 0 Å². The third kappa shape index (κ3) is 7.08. The molecule has 62 valence electrons. The Kier molecular flexibility index (Phi) is 3.84. The van der Waals surface area contributed by atoms with Crippen LogP contribution in [0.4, 0.5) is 0 Å². The molecule has 0 saturated carbocycles. The second-order valence-corrected chi connectivity index (χ2v) is 3.52. The molecule has 0 fully saturated rings. The highest BCUT2D eigenvalue weighted by molar-refractivity contribution is 5.82. The van der Waals surface area contributed by atoms with Crippen LogP contribution >= 0.6 is 0 Å². The van der Waals surface area contributed by atoms with E-state index in [2.05, 4.69) is 11.2 Å². The Morgan fingerprint density at radius 3 is 2.45 bits per heavy atom. The van der Waals surface area contributed by atoms with Gasteiger partial charge in [-0.25, -0.2) is 0 Å². The lowest BCUT2D eigenvalue weighted by molar-refractivity contribution is -0.117. The Hall–Kier alpha value is -0.810. The molecule has 0 amide bonds. The van der Waals surface area contributed by atoms with Crippen molar-refractivity contribution < 1.29 is 4.79 Å². The number of ketones is 1. The van der Waals surface area contributed by atoms with Gasteiger partial charge in [-0.3, -0.25) is 4.79 Å². The topological polar surface area (TPSA) is 29.1 Å². The van der Waals surface area contributed by atoms with E-state index in [1.54, 1.807) is 0 Å². The molecule has 11 heavy (non-hydrogen) atoms. The number of rotatable bonds is 3. The van der Waals surface area contributed by atoms with E-state index in [0.29, 0.717) is 6.54 Å². The molecule has 0 aromatic heterocycles. The molecule has 0 aromatic rings. The molecule has 0 spiro atoms. The van der Waals surface area contributed by atoms with Crippen LogP contribution in [0.1, 0.15) is 27.2 Å². The molecular formula is C9H15NO. The maximum Gasteiger partial charge on any atom is 0.158 e. The Morgan fingerprint density at radius 2 is 2.09 bits per heavy atom. The van der Waals surface area contributed by atoms with E-state index in [-0.39, 0.29) is 17.7 Å². The summed E-state index contributed by atoms with van der Waals surface area (Å²) in [6.07, 6.45) is 5.20. The monoisotopic (exact) mass is 153 g/mol. The molecule has 0 saturated heterocycles. The van der Waals surface area contributed by atoms with Crippen LogP contribution in [-0.4, -0.2) is 17.9 Å². The summed E-state index contributed by atoms with van der Waals surface area (Å²) in [4.78, 5) is 10.9. The molecular weight excluding hydrogens is 138 g/mol. The molecule has 0 bridgehead atoms. The Bertz CT molecular complexity index is 171. The largest absolute Gasteiger partial charge is 0.305 e. The molecule has 2 heteroatoms. The summed E-state index contributed by atoms with van der Waals surface area (Å²) in [7, 11) is 0. The minimum absolute atomic E-state index is 0.00966. The molecule has 0 aromatic carbocycles. The van der Waals surface area contributed by atoms with Gasteiger partial charge in [0.15, 0.2) is 5.78 Å². The van der Waals surface area contributed by atoms with Gasteiger partial charge < -0.3 is 5.32 Å². The van der Waals surface area contributed by atoms with Crippen LogP contribution in [-0.2, 0) is 4.79 Å². The third-order valence-electron chi connectivity index (χ3n) is 1.12. The van der Waals surface area contributed by atoms with Crippen LogP contribution < -0.4 is 5.32 Å². The second kappa shape index (κ2) is 4.15. The maximum atomic E-state index is 10.9. The van der Waals surface area contributed by atoms with Crippen LogP contribution in [0.15, 0.2) is 0 Å². The van der Waals surface area contributed by atoms with E-state index in [4.69, 9.17) is 6.42 Å². The quantitative estimate of drug-likeness (QED) is 0.612. The first-order valence-electron chi connectivity index (χ1n) is 3.66. The molecule has 0 aliphatic carbocycles. The van der Waals surface area contributed by atoms with Crippen LogP contribution in [0.25, 0.3) is 0 Å². The highest BCUT2D eigenvalue weighted by Crippen LogP contribution is 1.97. The summed E-state index contributed by atoms with van der Waals surface area (Å²) >= 11 is 0. The highest BCUT2D eigenvalue weighted by atomic mass is 16.1. The Balaban J connectivity index is 3.57. The fourth-order valence-electron chi connectivity index (χ4n) is 0.540.